The highest BCUT2D eigenvalue weighted by Gasteiger charge is 2.19. The highest BCUT2D eigenvalue weighted by Crippen LogP contribution is 2.25. The summed E-state index contributed by atoms with van der Waals surface area (Å²) >= 11 is 0. The number of hydrogen-bond acceptors (Lipinski definition) is 2. The molecule has 0 spiro atoms. The fraction of sp³-hybridized carbons (Fsp3) is 0.700. The monoisotopic (exact) mass is 303 g/mol. The first-order valence-electron chi connectivity index (χ1n) is 9.10. The molecule has 0 bridgehead atoms. The van der Waals surface area contributed by atoms with Crippen LogP contribution in [-0.2, 0) is 0 Å². The molecular formula is C20H33NO. The second-order valence-corrected chi connectivity index (χ2v) is 7.05. The van der Waals surface area contributed by atoms with Gasteiger partial charge in [0.15, 0.2) is 0 Å². The summed E-state index contributed by atoms with van der Waals surface area (Å²) in [5, 5.41) is 10.4. The number of benzene rings is 1. The van der Waals surface area contributed by atoms with E-state index in [2.05, 4.69) is 50.1 Å². The van der Waals surface area contributed by atoms with Gasteiger partial charge in [-0.1, -0.05) is 57.4 Å². The van der Waals surface area contributed by atoms with E-state index in [0.717, 1.165) is 31.0 Å². The maximum Gasteiger partial charge on any atom is 0.0802 e. The minimum Gasteiger partial charge on any atom is -0.388 e. The number of aliphatic hydroxyl groups excluding tert-OH is 1. The number of rotatable bonds is 7. The average Bonchev–Trinajstić information content (AvgIpc) is 2.59. The van der Waals surface area contributed by atoms with Crippen molar-refractivity contribution in [1.82, 2.24) is 4.90 Å². The molecule has 0 aromatic heterocycles. The molecule has 2 nitrogen and oxygen atoms in total. The van der Waals surface area contributed by atoms with Gasteiger partial charge < -0.3 is 10.0 Å². The topological polar surface area (TPSA) is 23.5 Å². The predicted octanol–water partition coefficient (Wildman–Crippen LogP) is 4.89. The lowest BCUT2D eigenvalue weighted by atomic mass is 9.94. The molecular weight excluding hydrogens is 270 g/mol. The van der Waals surface area contributed by atoms with Crippen LogP contribution in [0.15, 0.2) is 24.3 Å². The number of aliphatic hydroxyl groups is 1. The van der Waals surface area contributed by atoms with Crippen molar-refractivity contribution in [3.63, 3.8) is 0 Å². The van der Waals surface area contributed by atoms with Crippen molar-refractivity contribution in [2.75, 3.05) is 13.6 Å². The van der Waals surface area contributed by atoms with Crippen LogP contribution in [0.1, 0.15) is 81.9 Å². The zero-order valence-electron chi connectivity index (χ0n) is 14.6. The van der Waals surface area contributed by atoms with Crippen molar-refractivity contribution in [3.05, 3.63) is 35.4 Å². The van der Waals surface area contributed by atoms with Crippen molar-refractivity contribution in [2.45, 2.75) is 76.9 Å². The van der Waals surface area contributed by atoms with Crippen LogP contribution in [0.2, 0.25) is 0 Å². The summed E-state index contributed by atoms with van der Waals surface area (Å²) in [6, 6.07) is 9.29. The molecule has 22 heavy (non-hydrogen) atoms. The van der Waals surface area contributed by atoms with Gasteiger partial charge in [0, 0.05) is 12.6 Å². The Kier molecular flexibility index (Phi) is 6.91. The maximum absolute atomic E-state index is 10.4. The highest BCUT2D eigenvalue weighted by atomic mass is 16.3. The average molecular weight is 303 g/mol. The number of hydrogen-bond donors (Lipinski definition) is 1. The Labute approximate surface area is 136 Å². The van der Waals surface area contributed by atoms with Gasteiger partial charge in [-0.2, -0.15) is 0 Å². The Balaban J connectivity index is 1.82. The van der Waals surface area contributed by atoms with Gasteiger partial charge >= 0.3 is 0 Å². The van der Waals surface area contributed by atoms with Crippen LogP contribution in [0.4, 0.5) is 0 Å². The molecule has 1 aliphatic rings. The SMILES string of the molecule is CCC(C)c1ccc(C(O)CCN(C)C2CCCCC2)cc1. The Hall–Kier alpha value is -0.860. The molecule has 0 radical (unpaired) electrons. The lowest BCUT2D eigenvalue weighted by Crippen LogP contribution is -2.34. The van der Waals surface area contributed by atoms with Crippen LogP contribution in [0.3, 0.4) is 0 Å². The largest absolute Gasteiger partial charge is 0.388 e. The minimum absolute atomic E-state index is 0.336. The zero-order chi connectivity index (χ0) is 15.9. The van der Waals surface area contributed by atoms with E-state index in [1.807, 2.05) is 0 Å². The van der Waals surface area contributed by atoms with Crippen molar-refractivity contribution in [3.8, 4) is 0 Å². The summed E-state index contributed by atoms with van der Waals surface area (Å²) in [4.78, 5) is 2.45. The van der Waals surface area contributed by atoms with Crippen LogP contribution in [0.25, 0.3) is 0 Å². The molecule has 1 fully saturated rings. The third-order valence-electron chi connectivity index (χ3n) is 5.46. The summed E-state index contributed by atoms with van der Waals surface area (Å²) in [7, 11) is 2.22. The molecule has 1 aromatic carbocycles. The van der Waals surface area contributed by atoms with E-state index >= 15 is 0 Å². The van der Waals surface area contributed by atoms with E-state index in [4.69, 9.17) is 0 Å². The first kappa shape index (κ1) is 17.5. The van der Waals surface area contributed by atoms with Crippen LogP contribution in [0.5, 0.6) is 0 Å². The molecule has 2 heteroatoms. The third-order valence-corrected chi connectivity index (χ3v) is 5.46. The van der Waals surface area contributed by atoms with Crippen LogP contribution in [0, 0.1) is 0 Å². The molecule has 0 aliphatic heterocycles. The number of nitrogens with zero attached hydrogens (tertiary/aromatic N) is 1. The summed E-state index contributed by atoms with van der Waals surface area (Å²) in [5.41, 5.74) is 2.43. The summed E-state index contributed by atoms with van der Waals surface area (Å²) in [6.07, 6.45) is 8.45. The van der Waals surface area contributed by atoms with Gasteiger partial charge in [-0.05, 0) is 49.8 Å². The van der Waals surface area contributed by atoms with E-state index in [9.17, 15) is 5.11 Å². The lowest BCUT2D eigenvalue weighted by Gasteiger charge is -2.31. The maximum atomic E-state index is 10.4. The molecule has 2 rings (SSSR count). The van der Waals surface area contributed by atoms with E-state index in [0.29, 0.717) is 5.92 Å². The highest BCUT2D eigenvalue weighted by molar-refractivity contribution is 5.26. The molecule has 124 valence electrons. The Bertz CT molecular complexity index is 422. The van der Waals surface area contributed by atoms with Crippen molar-refractivity contribution >= 4 is 0 Å². The smallest absolute Gasteiger partial charge is 0.0802 e. The lowest BCUT2D eigenvalue weighted by molar-refractivity contribution is 0.125. The Morgan fingerprint density at radius 3 is 2.27 bits per heavy atom. The van der Waals surface area contributed by atoms with Crippen molar-refractivity contribution < 1.29 is 5.11 Å². The van der Waals surface area contributed by atoms with Crippen LogP contribution >= 0.6 is 0 Å². The summed E-state index contributed by atoms with van der Waals surface area (Å²) in [6.45, 7) is 5.46. The van der Waals surface area contributed by atoms with Gasteiger partial charge in [0.25, 0.3) is 0 Å². The second-order valence-electron chi connectivity index (χ2n) is 7.05. The standard InChI is InChI=1S/C20H33NO/c1-4-16(2)17-10-12-18(13-11-17)20(22)14-15-21(3)19-8-6-5-7-9-19/h10-13,16,19-20,22H,4-9,14-15H2,1-3H3. The van der Waals surface area contributed by atoms with Gasteiger partial charge in [0.2, 0.25) is 0 Å². The molecule has 0 amide bonds. The van der Waals surface area contributed by atoms with Crippen molar-refractivity contribution in [2.24, 2.45) is 0 Å². The van der Waals surface area contributed by atoms with Crippen LogP contribution < -0.4 is 0 Å². The molecule has 2 atom stereocenters. The summed E-state index contributed by atoms with van der Waals surface area (Å²) < 4.78 is 0. The van der Waals surface area contributed by atoms with Gasteiger partial charge in [0.1, 0.15) is 0 Å². The summed E-state index contributed by atoms with van der Waals surface area (Å²) in [5.74, 6) is 0.601. The third kappa shape index (κ3) is 4.82. The fourth-order valence-electron chi connectivity index (χ4n) is 3.48. The van der Waals surface area contributed by atoms with Crippen molar-refractivity contribution in [1.29, 1.82) is 0 Å². The molecule has 1 aliphatic carbocycles. The predicted molar refractivity (Wildman–Crippen MR) is 94.2 cm³/mol. The normalized spacial score (nSPS) is 19.3. The van der Waals surface area contributed by atoms with Gasteiger partial charge in [0.05, 0.1) is 6.10 Å². The molecule has 1 N–H and O–H groups in total. The van der Waals surface area contributed by atoms with Gasteiger partial charge in [-0.25, -0.2) is 0 Å². The molecule has 1 aromatic rings. The molecule has 2 unspecified atom stereocenters. The quantitative estimate of drug-likeness (QED) is 0.775. The molecule has 0 saturated heterocycles. The van der Waals surface area contributed by atoms with E-state index < -0.39 is 0 Å². The zero-order valence-corrected chi connectivity index (χ0v) is 14.6. The second kappa shape index (κ2) is 8.69. The molecule has 1 saturated carbocycles. The van der Waals surface area contributed by atoms with Crippen LogP contribution in [-0.4, -0.2) is 29.6 Å². The minimum atomic E-state index is -0.336. The van der Waals surface area contributed by atoms with Gasteiger partial charge in [-0.15, -0.1) is 0 Å². The molecule has 0 heterocycles. The first-order valence-corrected chi connectivity index (χ1v) is 9.10. The first-order chi connectivity index (χ1) is 10.6. The van der Waals surface area contributed by atoms with E-state index in [1.165, 1.54) is 37.7 Å². The van der Waals surface area contributed by atoms with E-state index in [-0.39, 0.29) is 6.10 Å². The fourth-order valence-corrected chi connectivity index (χ4v) is 3.48. The Morgan fingerprint density at radius 2 is 1.68 bits per heavy atom. The van der Waals surface area contributed by atoms with E-state index in [1.54, 1.807) is 0 Å². The Morgan fingerprint density at radius 1 is 1.09 bits per heavy atom. The van der Waals surface area contributed by atoms with Gasteiger partial charge in [-0.3, -0.25) is 0 Å².